The highest BCUT2D eigenvalue weighted by atomic mass is 35.5. The van der Waals surface area contributed by atoms with E-state index in [2.05, 4.69) is 5.32 Å². The van der Waals surface area contributed by atoms with E-state index in [4.69, 9.17) is 23.2 Å². The average molecular weight is 290 g/mol. The van der Waals surface area contributed by atoms with Gasteiger partial charge in [-0.2, -0.15) is 0 Å². The molecule has 1 aliphatic carbocycles. The van der Waals surface area contributed by atoms with Crippen LogP contribution in [0.2, 0.25) is 5.02 Å². The zero-order chi connectivity index (χ0) is 13.0. The van der Waals surface area contributed by atoms with Crippen molar-refractivity contribution in [1.82, 2.24) is 5.32 Å². The van der Waals surface area contributed by atoms with E-state index < -0.39 is 0 Å². The molecule has 1 aromatic carbocycles. The lowest BCUT2D eigenvalue weighted by Crippen LogP contribution is -2.48. The van der Waals surface area contributed by atoms with E-state index in [1.165, 1.54) is 25.3 Å². The Bertz CT molecular complexity index is 403. The van der Waals surface area contributed by atoms with Gasteiger partial charge >= 0.3 is 0 Å². The number of halogens is 3. The monoisotopic (exact) mass is 289 g/mol. The van der Waals surface area contributed by atoms with Crippen LogP contribution in [0.5, 0.6) is 0 Å². The van der Waals surface area contributed by atoms with Gasteiger partial charge in [0.05, 0.1) is 5.02 Å². The summed E-state index contributed by atoms with van der Waals surface area (Å²) in [7, 11) is 0. The first-order chi connectivity index (χ1) is 8.65. The first-order valence-electron chi connectivity index (χ1n) is 6.40. The summed E-state index contributed by atoms with van der Waals surface area (Å²) in [5, 5.41) is 3.71. The standard InChI is InChI=1S/C14H18Cl2FN/c15-10-14(6-2-1-3-7-14)18-9-11-4-5-13(17)12(16)8-11/h4-5,8,18H,1-3,6-7,9-10H2. The Morgan fingerprint density at radius 3 is 2.56 bits per heavy atom. The van der Waals surface area contributed by atoms with Crippen LogP contribution in [0.4, 0.5) is 4.39 Å². The molecular weight excluding hydrogens is 272 g/mol. The predicted octanol–water partition coefficient (Wildman–Crippen LogP) is 4.51. The lowest BCUT2D eigenvalue weighted by molar-refractivity contribution is 0.256. The summed E-state index contributed by atoms with van der Waals surface area (Å²) >= 11 is 11.9. The second-order valence-electron chi connectivity index (χ2n) is 5.08. The molecule has 0 aromatic heterocycles. The molecule has 18 heavy (non-hydrogen) atoms. The number of benzene rings is 1. The van der Waals surface area contributed by atoms with Gasteiger partial charge in [0.2, 0.25) is 0 Å². The second kappa shape index (κ2) is 6.23. The van der Waals surface area contributed by atoms with E-state index in [0.717, 1.165) is 18.4 Å². The Hall–Kier alpha value is -0.310. The third-order valence-electron chi connectivity index (χ3n) is 3.72. The van der Waals surface area contributed by atoms with Gasteiger partial charge in [0, 0.05) is 18.0 Å². The minimum atomic E-state index is -0.370. The van der Waals surface area contributed by atoms with E-state index >= 15 is 0 Å². The zero-order valence-electron chi connectivity index (χ0n) is 10.3. The molecule has 1 aromatic rings. The maximum absolute atomic E-state index is 13.1. The summed E-state index contributed by atoms with van der Waals surface area (Å²) in [6.07, 6.45) is 5.98. The molecule has 0 amide bonds. The number of hydrogen-bond donors (Lipinski definition) is 1. The molecule has 0 unspecified atom stereocenters. The summed E-state index contributed by atoms with van der Waals surface area (Å²) in [6.45, 7) is 0.687. The quantitative estimate of drug-likeness (QED) is 0.804. The van der Waals surface area contributed by atoms with Crippen molar-refractivity contribution < 1.29 is 4.39 Å². The van der Waals surface area contributed by atoms with Gasteiger partial charge in [0.25, 0.3) is 0 Å². The van der Waals surface area contributed by atoms with Crippen molar-refractivity contribution in [2.75, 3.05) is 5.88 Å². The number of alkyl halides is 1. The van der Waals surface area contributed by atoms with E-state index in [0.29, 0.717) is 12.4 Å². The fourth-order valence-electron chi connectivity index (χ4n) is 2.53. The second-order valence-corrected chi connectivity index (χ2v) is 5.75. The number of rotatable bonds is 4. The number of nitrogens with one attached hydrogen (secondary N) is 1. The highest BCUT2D eigenvalue weighted by molar-refractivity contribution is 6.30. The van der Waals surface area contributed by atoms with Gasteiger partial charge in [-0.15, -0.1) is 11.6 Å². The molecule has 4 heteroatoms. The van der Waals surface area contributed by atoms with Crippen molar-refractivity contribution in [3.63, 3.8) is 0 Å². The van der Waals surface area contributed by atoms with Crippen LogP contribution in [0.3, 0.4) is 0 Å². The summed E-state index contributed by atoms with van der Waals surface area (Å²) in [5.74, 6) is 0.257. The van der Waals surface area contributed by atoms with Crippen molar-refractivity contribution in [2.45, 2.75) is 44.2 Å². The van der Waals surface area contributed by atoms with Gasteiger partial charge in [0.1, 0.15) is 5.82 Å². The lowest BCUT2D eigenvalue weighted by Gasteiger charge is -2.36. The maximum atomic E-state index is 13.1. The first kappa shape index (κ1) is 14.1. The summed E-state index contributed by atoms with van der Waals surface area (Å²) < 4.78 is 13.1. The molecule has 1 aliphatic rings. The van der Waals surface area contributed by atoms with Gasteiger partial charge < -0.3 is 5.32 Å². The molecule has 0 aliphatic heterocycles. The Morgan fingerprint density at radius 2 is 1.94 bits per heavy atom. The van der Waals surface area contributed by atoms with Crippen LogP contribution >= 0.6 is 23.2 Å². The van der Waals surface area contributed by atoms with E-state index in [9.17, 15) is 4.39 Å². The van der Waals surface area contributed by atoms with Gasteiger partial charge in [-0.05, 0) is 30.5 Å². The Balaban J connectivity index is 1.98. The van der Waals surface area contributed by atoms with Crippen molar-refractivity contribution in [2.24, 2.45) is 0 Å². The highest BCUT2D eigenvalue weighted by Crippen LogP contribution is 2.29. The van der Waals surface area contributed by atoms with Crippen molar-refractivity contribution in [1.29, 1.82) is 0 Å². The molecule has 1 nitrogen and oxygen atoms in total. The van der Waals surface area contributed by atoms with Crippen LogP contribution in [-0.4, -0.2) is 11.4 Å². The van der Waals surface area contributed by atoms with Crippen LogP contribution in [0, 0.1) is 5.82 Å². The van der Waals surface area contributed by atoms with E-state index in [-0.39, 0.29) is 16.4 Å². The van der Waals surface area contributed by atoms with Crippen LogP contribution in [0.15, 0.2) is 18.2 Å². The van der Waals surface area contributed by atoms with Crippen molar-refractivity contribution in [3.8, 4) is 0 Å². The van der Waals surface area contributed by atoms with Crippen LogP contribution in [0.25, 0.3) is 0 Å². The van der Waals surface area contributed by atoms with Crippen LogP contribution < -0.4 is 5.32 Å². The molecule has 100 valence electrons. The molecule has 0 radical (unpaired) electrons. The third kappa shape index (κ3) is 3.37. The SMILES string of the molecule is Fc1ccc(CNC2(CCl)CCCCC2)cc1Cl. The Labute approximate surface area is 118 Å². The zero-order valence-corrected chi connectivity index (χ0v) is 11.8. The first-order valence-corrected chi connectivity index (χ1v) is 7.31. The maximum Gasteiger partial charge on any atom is 0.141 e. The smallest absolute Gasteiger partial charge is 0.141 e. The molecule has 0 bridgehead atoms. The average Bonchev–Trinajstić information content (AvgIpc) is 2.41. The van der Waals surface area contributed by atoms with Gasteiger partial charge in [0.15, 0.2) is 0 Å². The molecule has 1 fully saturated rings. The summed E-state index contributed by atoms with van der Waals surface area (Å²) in [6, 6.07) is 4.85. The fraction of sp³-hybridized carbons (Fsp3) is 0.571. The fourth-order valence-corrected chi connectivity index (χ4v) is 3.09. The van der Waals surface area contributed by atoms with Crippen LogP contribution in [0.1, 0.15) is 37.7 Å². The van der Waals surface area contributed by atoms with Crippen molar-refractivity contribution >= 4 is 23.2 Å². The lowest BCUT2D eigenvalue weighted by atomic mass is 9.83. The minimum Gasteiger partial charge on any atom is -0.306 e. The minimum absolute atomic E-state index is 0.0423. The molecule has 0 spiro atoms. The van der Waals surface area contributed by atoms with Gasteiger partial charge in [-0.25, -0.2) is 4.39 Å². The largest absolute Gasteiger partial charge is 0.306 e. The molecule has 0 atom stereocenters. The molecule has 1 saturated carbocycles. The predicted molar refractivity (Wildman–Crippen MR) is 74.8 cm³/mol. The van der Waals surface area contributed by atoms with Crippen molar-refractivity contribution in [3.05, 3.63) is 34.6 Å². The third-order valence-corrected chi connectivity index (χ3v) is 4.52. The van der Waals surface area contributed by atoms with E-state index in [1.807, 2.05) is 0 Å². The Morgan fingerprint density at radius 1 is 1.22 bits per heavy atom. The summed E-state index contributed by atoms with van der Waals surface area (Å²) in [5.41, 5.74) is 1.04. The van der Waals surface area contributed by atoms with Gasteiger partial charge in [-0.1, -0.05) is 36.9 Å². The summed E-state index contributed by atoms with van der Waals surface area (Å²) in [4.78, 5) is 0. The van der Waals surface area contributed by atoms with Gasteiger partial charge in [-0.3, -0.25) is 0 Å². The molecule has 1 N–H and O–H groups in total. The normalized spacial score (nSPS) is 18.8. The van der Waals surface area contributed by atoms with E-state index in [1.54, 1.807) is 12.1 Å². The Kier molecular flexibility index (Phi) is 4.88. The topological polar surface area (TPSA) is 12.0 Å². The molecule has 0 heterocycles. The molecular formula is C14H18Cl2FN. The number of hydrogen-bond acceptors (Lipinski definition) is 1. The molecule has 0 saturated heterocycles. The molecule has 2 rings (SSSR count). The van der Waals surface area contributed by atoms with Crippen LogP contribution in [-0.2, 0) is 6.54 Å². The highest BCUT2D eigenvalue weighted by Gasteiger charge is 2.30.